The number of carbonyl (C=O) groups is 1. The quantitative estimate of drug-likeness (QED) is 0.885. The van der Waals surface area contributed by atoms with Gasteiger partial charge in [-0.1, -0.05) is 30.3 Å². The molecule has 0 saturated carbocycles. The number of carbonyl (C=O) groups excluding carboxylic acids is 1. The topological polar surface area (TPSA) is 52.6 Å². The highest BCUT2D eigenvalue weighted by atomic mass is 16.3. The van der Waals surface area contributed by atoms with Gasteiger partial charge >= 0.3 is 0 Å². The molecule has 0 saturated heterocycles. The highest BCUT2D eigenvalue weighted by Gasteiger charge is 2.06. The Hall–Kier alpha value is -2.33. The van der Waals surface area contributed by atoms with E-state index in [1.165, 1.54) is 0 Å². The van der Waals surface area contributed by atoms with Crippen molar-refractivity contribution >= 4 is 11.6 Å². The molecule has 2 N–H and O–H groups in total. The summed E-state index contributed by atoms with van der Waals surface area (Å²) in [5.41, 5.74) is 3.51. The Morgan fingerprint density at radius 2 is 1.76 bits per heavy atom. The van der Waals surface area contributed by atoms with Crippen molar-refractivity contribution < 1.29 is 9.90 Å². The zero-order valence-corrected chi connectivity index (χ0v) is 12.3. The molecule has 0 atom stereocenters. The zero-order chi connectivity index (χ0) is 15.2. The molecule has 1 amide bonds. The van der Waals surface area contributed by atoms with Crippen molar-refractivity contribution in [2.45, 2.75) is 13.2 Å². The number of nitrogens with one attached hydrogen (secondary N) is 1. The lowest BCUT2D eigenvalue weighted by molar-refractivity contribution is 0.0951. The van der Waals surface area contributed by atoms with Crippen molar-refractivity contribution in [2.75, 3.05) is 19.0 Å². The fourth-order valence-electron chi connectivity index (χ4n) is 1.97. The molecule has 2 aromatic carbocycles. The Kier molecular flexibility index (Phi) is 4.95. The zero-order valence-electron chi connectivity index (χ0n) is 12.3. The maximum atomic E-state index is 12.1. The lowest BCUT2D eigenvalue weighted by Gasteiger charge is -2.13. The first-order valence-corrected chi connectivity index (χ1v) is 6.84. The number of anilines is 1. The molecule has 0 aliphatic heterocycles. The second-order valence-corrected chi connectivity index (χ2v) is 5.10. The third-order valence-corrected chi connectivity index (χ3v) is 3.28. The van der Waals surface area contributed by atoms with Gasteiger partial charge in [0.15, 0.2) is 0 Å². The van der Waals surface area contributed by atoms with E-state index in [1.54, 1.807) is 6.07 Å². The van der Waals surface area contributed by atoms with Crippen LogP contribution in [0.15, 0.2) is 48.5 Å². The van der Waals surface area contributed by atoms with E-state index in [9.17, 15) is 4.79 Å². The van der Waals surface area contributed by atoms with Crippen molar-refractivity contribution in [3.63, 3.8) is 0 Å². The van der Waals surface area contributed by atoms with E-state index in [4.69, 9.17) is 5.11 Å². The number of aliphatic hydroxyl groups excluding tert-OH is 1. The van der Waals surface area contributed by atoms with Crippen LogP contribution >= 0.6 is 0 Å². The first-order valence-electron chi connectivity index (χ1n) is 6.84. The number of benzene rings is 2. The van der Waals surface area contributed by atoms with Crippen LogP contribution in [0.25, 0.3) is 0 Å². The minimum absolute atomic E-state index is 0.0317. The van der Waals surface area contributed by atoms with Crippen LogP contribution in [0.5, 0.6) is 0 Å². The Labute approximate surface area is 125 Å². The van der Waals surface area contributed by atoms with E-state index in [-0.39, 0.29) is 12.5 Å². The Morgan fingerprint density at radius 1 is 1.10 bits per heavy atom. The monoisotopic (exact) mass is 284 g/mol. The fraction of sp³-hybridized carbons (Fsp3) is 0.235. The van der Waals surface area contributed by atoms with Crippen LogP contribution < -0.4 is 10.2 Å². The number of amides is 1. The molecule has 4 nitrogen and oxygen atoms in total. The van der Waals surface area contributed by atoms with Gasteiger partial charge in [0.05, 0.1) is 6.61 Å². The van der Waals surface area contributed by atoms with E-state index in [0.29, 0.717) is 12.1 Å². The molecule has 0 aromatic heterocycles. The Bertz CT molecular complexity index is 606. The smallest absolute Gasteiger partial charge is 0.251 e. The summed E-state index contributed by atoms with van der Waals surface area (Å²) in [6.45, 7) is 0.501. The molecule has 0 fully saturated rings. The van der Waals surface area contributed by atoms with Crippen LogP contribution in [0.3, 0.4) is 0 Å². The van der Waals surface area contributed by atoms with Crippen LogP contribution in [0.1, 0.15) is 21.5 Å². The van der Waals surface area contributed by atoms with E-state index in [0.717, 1.165) is 16.8 Å². The molecule has 0 aliphatic carbocycles. The summed E-state index contributed by atoms with van der Waals surface area (Å²) in [6.07, 6.45) is 0. The predicted octanol–water partition coefficient (Wildman–Crippen LogP) is 2.17. The first-order chi connectivity index (χ1) is 10.1. The van der Waals surface area contributed by atoms with E-state index < -0.39 is 0 Å². The standard InChI is InChI=1S/C17H20N2O2/c1-19(2)16-5-3-4-15(10-16)17(21)18-11-13-6-8-14(12-20)9-7-13/h3-10,20H,11-12H2,1-2H3,(H,18,21). The third kappa shape index (κ3) is 4.07. The second-order valence-electron chi connectivity index (χ2n) is 5.10. The van der Waals surface area contributed by atoms with Crippen LogP contribution in [-0.2, 0) is 13.2 Å². The molecule has 4 heteroatoms. The molecule has 2 aromatic rings. The average Bonchev–Trinajstić information content (AvgIpc) is 2.53. The molecule has 0 spiro atoms. The number of hydrogen-bond donors (Lipinski definition) is 2. The summed E-state index contributed by atoms with van der Waals surface area (Å²) in [4.78, 5) is 14.1. The average molecular weight is 284 g/mol. The van der Waals surface area contributed by atoms with Gasteiger partial charge in [-0.25, -0.2) is 0 Å². The summed E-state index contributed by atoms with van der Waals surface area (Å²) in [6, 6.07) is 15.0. The largest absolute Gasteiger partial charge is 0.392 e. The molecular weight excluding hydrogens is 264 g/mol. The number of aliphatic hydroxyl groups is 1. The maximum absolute atomic E-state index is 12.1. The van der Waals surface area contributed by atoms with Gasteiger partial charge in [-0.2, -0.15) is 0 Å². The van der Waals surface area contributed by atoms with Crippen LogP contribution in [0.2, 0.25) is 0 Å². The molecule has 0 bridgehead atoms. The van der Waals surface area contributed by atoms with E-state index in [2.05, 4.69) is 5.32 Å². The van der Waals surface area contributed by atoms with Crippen molar-refractivity contribution in [1.82, 2.24) is 5.32 Å². The molecule has 0 unspecified atom stereocenters. The SMILES string of the molecule is CN(C)c1cccc(C(=O)NCc2ccc(CO)cc2)c1. The number of rotatable bonds is 5. The molecule has 0 radical (unpaired) electrons. The summed E-state index contributed by atoms with van der Waals surface area (Å²) in [5, 5.41) is 11.9. The minimum Gasteiger partial charge on any atom is -0.392 e. The molecular formula is C17H20N2O2. The van der Waals surface area contributed by atoms with Gasteiger partial charge < -0.3 is 15.3 Å². The third-order valence-electron chi connectivity index (χ3n) is 3.28. The van der Waals surface area contributed by atoms with E-state index >= 15 is 0 Å². The maximum Gasteiger partial charge on any atom is 0.251 e. The van der Waals surface area contributed by atoms with Gasteiger partial charge in [0.2, 0.25) is 0 Å². The highest BCUT2D eigenvalue weighted by Crippen LogP contribution is 2.13. The van der Waals surface area contributed by atoms with Crippen molar-refractivity contribution in [2.24, 2.45) is 0 Å². The number of hydrogen-bond acceptors (Lipinski definition) is 3. The van der Waals surface area contributed by atoms with Crippen LogP contribution in [-0.4, -0.2) is 25.1 Å². The predicted molar refractivity (Wildman–Crippen MR) is 84.3 cm³/mol. The summed E-state index contributed by atoms with van der Waals surface area (Å²) in [7, 11) is 3.89. The van der Waals surface area contributed by atoms with Gasteiger partial charge in [0.25, 0.3) is 5.91 Å². The Balaban J connectivity index is 1.99. The van der Waals surface area contributed by atoms with Gasteiger partial charge in [-0.3, -0.25) is 4.79 Å². The van der Waals surface area contributed by atoms with Crippen LogP contribution in [0.4, 0.5) is 5.69 Å². The highest BCUT2D eigenvalue weighted by molar-refractivity contribution is 5.95. The molecule has 21 heavy (non-hydrogen) atoms. The summed E-state index contributed by atoms with van der Waals surface area (Å²) >= 11 is 0. The van der Waals surface area contributed by atoms with Gasteiger partial charge in [-0.05, 0) is 29.3 Å². The van der Waals surface area contributed by atoms with Gasteiger partial charge in [-0.15, -0.1) is 0 Å². The molecule has 0 aliphatic rings. The number of nitrogens with zero attached hydrogens (tertiary/aromatic N) is 1. The van der Waals surface area contributed by atoms with E-state index in [1.807, 2.05) is 61.5 Å². The minimum atomic E-state index is -0.0927. The Morgan fingerprint density at radius 3 is 2.38 bits per heavy atom. The van der Waals surface area contributed by atoms with Gasteiger partial charge in [0, 0.05) is 31.9 Å². The van der Waals surface area contributed by atoms with Crippen molar-refractivity contribution in [3.05, 3.63) is 65.2 Å². The van der Waals surface area contributed by atoms with Crippen molar-refractivity contribution in [3.8, 4) is 0 Å². The summed E-state index contributed by atoms with van der Waals surface area (Å²) < 4.78 is 0. The normalized spacial score (nSPS) is 10.2. The summed E-state index contributed by atoms with van der Waals surface area (Å²) in [5.74, 6) is -0.0927. The molecule has 110 valence electrons. The lowest BCUT2D eigenvalue weighted by atomic mass is 10.1. The van der Waals surface area contributed by atoms with Crippen molar-refractivity contribution in [1.29, 1.82) is 0 Å². The fourth-order valence-corrected chi connectivity index (χ4v) is 1.97. The van der Waals surface area contributed by atoms with Gasteiger partial charge in [0.1, 0.15) is 0 Å². The lowest BCUT2D eigenvalue weighted by Crippen LogP contribution is -2.23. The first kappa shape index (κ1) is 15.1. The molecule has 2 rings (SSSR count). The molecule has 0 heterocycles. The van der Waals surface area contributed by atoms with Crippen LogP contribution in [0, 0.1) is 0 Å². The second kappa shape index (κ2) is 6.90.